The van der Waals surface area contributed by atoms with E-state index in [1.165, 1.54) is 0 Å². The molecule has 0 spiro atoms. The lowest BCUT2D eigenvalue weighted by Crippen LogP contribution is -2.40. The number of aromatic nitrogens is 1. The standard InChI is InChI=1S/C17H18N2O3/c20-14-7-10-19(11-8-14)17(21)13-3-5-15(6-4-13)22-16-2-1-9-18-12-16/h1-6,9,12,14,20H,7-8,10-11H2. The van der Waals surface area contributed by atoms with Crippen LogP contribution < -0.4 is 4.74 Å². The van der Waals surface area contributed by atoms with Gasteiger partial charge >= 0.3 is 0 Å². The lowest BCUT2D eigenvalue weighted by atomic mass is 10.1. The number of ether oxygens (including phenoxy) is 1. The van der Waals surface area contributed by atoms with E-state index in [1.807, 2.05) is 6.07 Å². The van der Waals surface area contributed by atoms with E-state index in [2.05, 4.69) is 4.98 Å². The number of benzene rings is 1. The molecule has 2 aromatic rings. The summed E-state index contributed by atoms with van der Waals surface area (Å²) in [4.78, 5) is 18.1. The molecule has 1 fully saturated rings. The highest BCUT2D eigenvalue weighted by Crippen LogP contribution is 2.21. The highest BCUT2D eigenvalue weighted by atomic mass is 16.5. The molecule has 1 saturated heterocycles. The summed E-state index contributed by atoms with van der Waals surface area (Å²) in [5.41, 5.74) is 0.634. The summed E-state index contributed by atoms with van der Waals surface area (Å²) in [6, 6.07) is 10.7. The number of hydrogen-bond donors (Lipinski definition) is 1. The second kappa shape index (κ2) is 6.58. The fourth-order valence-electron chi connectivity index (χ4n) is 2.46. The lowest BCUT2D eigenvalue weighted by Gasteiger charge is -2.29. The number of carbonyl (C=O) groups is 1. The van der Waals surface area contributed by atoms with Gasteiger partial charge in [-0.2, -0.15) is 0 Å². The monoisotopic (exact) mass is 298 g/mol. The Bertz CT molecular complexity index is 620. The minimum absolute atomic E-state index is 0.000159. The van der Waals surface area contributed by atoms with E-state index >= 15 is 0 Å². The molecule has 2 heterocycles. The predicted molar refractivity (Wildman–Crippen MR) is 81.9 cm³/mol. The van der Waals surface area contributed by atoms with Crippen molar-refractivity contribution in [1.29, 1.82) is 0 Å². The Morgan fingerprint density at radius 3 is 2.50 bits per heavy atom. The zero-order valence-corrected chi connectivity index (χ0v) is 12.2. The van der Waals surface area contributed by atoms with E-state index in [1.54, 1.807) is 47.6 Å². The number of nitrogens with zero attached hydrogens (tertiary/aromatic N) is 2. The van der Waals surface area contributed by atoms with Crippen LogP contribution in [-0.2, 0) is 0 Å². The van der Waals surface area contributed by atoms with Gasteiger partial charge in [0.25, 0.3) is 5.91 Å². The smallest absolute Gasteiger partial charge is 0.253 e. The molecular formula is C17H18N2O3. The van der Waals surface area contributed by atoms with Crippen molar-refractivity contribution in [2.45, 2.75) is 18.9 Å². The molecule has 0 saturated carbocycles. The van der Waals surface area contributed by atoms with Gasteiger partial charge in [0.2, 0.25) is 0 Å². The minimum Gasteiger partial charge on any atom is -0.456 e. The maximum absolute atomic E-state index is 12.4. The van der Waals surface area contributed by atoms with E-state index in [-0.39, 0.29) is 12.0 Å². The van der Waals surface area contributed by atoms with Crippen LogP contribution in [0.5, 0.6) is 11.5 Å². The molecule has 1 amide bonds. The number of likely N-dealkylation sites (tertiary alicyclic amines) is 1. The van der Waals surface area contributed by atoms with E-state index in [4.69, 9.17) is 4.74 Å². The largest absolute Gasteiger partial charge is 0.456 e. The highest BCUT2D eigenvalue weighted by molar-refractivity contribution is 5.94. The van der Waals surface area contributed by atoms with Crippen molar-refractivity contribution in [3.05, 3.63) is 54.4 Å². The third-order valence-electron chi connectivity index (χ3n) is 3.72. The molecule has 0 radical (unpaired) electrons. The Hall–Kier alpha value is -2.40. The lowest BCUT2D eigenvalue weighted by molar-refractivity contribution is 0.0546. The van der Waals surface area contributed by atoms with Crippen LogP contribution in [-0.4, -0.2) is 40.1 Å². The zero-order valence-electron chi connectivity index (χ0n) is 12.2. The van der Waals surface area contributed by atoms with Gasteiger partial charge in [-0.1, -0.05) is 0 Å². The Balaban J connectivity index is 1.65. The average Bonchev–Trinajstić information content (AvgIpc) is 2.57. The van der Waals surface area contributed by atoms with Crippen molar-refractivity contribution in [1.82, 2.24) is 9.88 Å². The number of pyridine rings is 1. The van der Waals surface area contributed by atoms with Gasteiger partial charge in [0.1, 0.15) is 11.5 Å². The van der Waals surface area contributed by atoms with E-state index < -0.39 is 0 Å². The molecule has 114 valence electrons. The van der Waals surface area contributed by atoms with Crippen LogP contribution in [0.4, 0.5) is 0 Å². The summed E-state index contributed by atoms with van der Waals surface area (Å²) < 4.78 is 5.65. The van der Waals surface area contributed by atoms with Gasteiger partial charge in [-0.3, -0.25) is 9.78 Å². The molecule has 1 aliphatic heterocycles. The van der Waals surface area contributed by atoms with Crippen molar-refractivity contribution in [3.8, 4) is 11.5 Å². The van der Waals surface area contributed by atoms with Crippen LogP contribution in [0.25, 0.3) is 0 Å². The Morgan fingerprint density at radius 2 is 1.86 bits per heavy atom. The van der Waals surface area contributed by atoms with Crippen molar-refractivity contribution in [2.75, 3.05) is 13.1 Å². The number of carbonyl (C=O) groups excluding carboxylic acids is 1. The second-order valence-electron chi connectivity index (χ2n) is 5.34. The molecular weight excluding hydrogens is 280 g/mol. The first-order chi connectivity index (χ1) is 10.7. The molecule has 1 aromatic carbocycles. The van der Waals surface area contributed by atoms with Crippen LogP contribution in [0.2, 0.25) is 0 Å². The summed E-state index contributed by atoms with van der Waals surface area (Å²) in [5, 5.41) is 9.50. The first-order valence-corrected chi connectivity index (χ1v) is 7.37. The second-order valence-corrected chi connectivity index (χ2v) is 5.34. The Kier molecular flexibility index (Phi) is 4.34. The molecule has 0 atom stereocenters. The number of aliphatic hydroxyl groups is 1. The van der Waals surface area contributed by atoms with Gasteiger partial charge in [-0.25, -0.2) is 0 Å². The van der Waals surface area contributed by atoms with Crippen molar-refractivity contribution >= 4 is 5.91 Å². The Morgan fingerprint density at radius 1 is 1.14 bits per heavy atom. The van der Waals surface area contributed by atoms with Gasteiger partial charge < -0.3 is 14.7 Å². The third kappa shape index (κ3) is 3.43. The number of hydrogen-bond acceptors (Lipinski definition) is 4. The number of piperidine rings is 1. The van der Waals surface area contributed by atoms with Crippen LogP contribution in [0.1, 0.15) is 23.2 Å². The van der Waals surface area contributed by atoms with Gasteiger partial charge in [0, 0.05) is 24.8 Å². The van der Waals surface area contributed by atoms with E-state index in [0.29, 0.717) is 43.0 Å². The van der Waals surface area contributed by atoms with Gasteiger partial charge in [-0.15, -0.1) is 0 Å². The predicted octanol–water partition coefficient (Wildman–Crippen LogP) is 2.47. The fourth-order valence-corrected chi connectivity index (χ4v) is 2.46. The summed E-state index contributed by atoms with van der Waals surface area (Å²) in [5.74, 6) is 1.32. The molecule has 0 aliphatic carbocycles. The number of amides is 1. The molecule has 0 unspecified atom stereocenters. The summed E-state index contributed by atoms with van der Waals surface area (Å²) in [6.45, 7) is 1.21. The molecule has 1 aromatic heterocycles. The van der Waals surface area contributed by atoms with Crippen LogP contribution >= 0.6 is 0 Å². The van der Waals surface area contributed by atoms with Crippen LogP contribution in [0, 0.1) is 0 Å². The first-order valence-electron chi connectivity index (χ1n) is 7.37. The van der Waals surface area contributed by atoms with Crippen LogP contribution in [0.15, 0.2) is 48.8 Å². The number of rotatable bonds is 3. The van der Waals surface area contributed by atoms with E-state index in [9.17, 15) is 9.90 Å². The first kappa shape index (κ1) is 14.5. The maximum atomic E-state index is 12.4. The summed E-state index contributed by atoms with van der Waals surface area (Å²) in [6.07, 6.45) is 4.34. The summed E-state index contributed by atoms with van der Waals surface area (Å²) >= 11 is 0. The SMILES string of the molecule is O=C(c1ccc(Oc2cccnc2)cc1)N1CCC(O)CC1. The van der Waals surface area contributed by atoms with Crippen molar-refractivity contribution in [3.63, 3.8) is 0 Å². The quantitative estimate of drug-likeness (QED) is 0.945. The fraction of sp³-hybridized carbons (Fsp3) is 0.294. The molecule has 22 heavy (non-hydrogen) atoms. The van der Waals surface area contributed by atoms with Crippen LogP contribution in [0.3, 0.4) is 0 Å². The van der Waals surface area contributed by atoms with Gasteiger partial charge in [0.15, 0.2) is 0 Å². The topological polar surface area (TPSA) is 62.7 Å². The van der Waals surface area contributed by atoms with Crippen molar-refractivity contribution < 1.29 is 14.6 Å². The molecule has 1 N–H and O–H groups in total. The molecule has 5 nitrogen and oxygen atoms in total. The maximum Gasteiger partial charge on any atom is 0.253 e. The summed E-state index contributed by atoms with van der Waals surface area (Å²) in [7, 11) is 0. The minimum atomic E-state index is -0.278. The zero-order chi connectivity index (χ0) is 15.4. The third-order valence-corrected chi connectivity index (χ3v) is 3.72. The van der Waals surface area contributed by atoms with E-state index in [0.717, 1.165) is 0 Å². The molecule has 5 heteroatoms. The van der Waals surface area contributed by atoms with Crippen molar-refractivity contribution in [2.24, 2.45) is 0 Å². The number of aliphatic hydroxyl groups excluding tert-OH is 1. The molecule has 0 bridgehead atoms. The Labute approximate surface area is 129 Å². The van der Waals surface area contributed by atoms with Gasteiger partial charge in [-0.05, 0) is 49.2 Å². The molecule has 1 aliphatic rings. The normalized spacial score (nSPS) is 15.6. The highest BCUT2D eigenvalue weighted by Gasteiger charge is 2.22. The molecule has 3 rings (SSSR count). The average molecular weight is 298 g/mol. The van der Waals surface area contributed by atoms with Gasteiger partial charge in [0.05, 0.1) is 12.3 Å².